The molecule has 0 aliphatic heterocycles. The standard InChI is InChI=1S/C12H14BNO4/c1-2-8-18-12(15)6-7-14-11-5-3-4-10(9-11)13(16)17/h1,3-5,9,14,16-17H,6-8H2. The Labute approximate surface area is 106 Å². The number of ether oxygens (including phenoxy) is 1. The van der Waals surface area contributed by atoms with Crippen molar-refractivity contribution in [3.05, 3.63) is 24.3 Å². The Kier molecular flexibility index (Phi) is 5.78. The summed E-state index contributed by atoms with van der Waals surface area (Å²) in [4.78, 5) is 11.1. The molecule has 0 amide bonds. The van der Waals surface area contributed by atoms with E-state index in [-0.39, 0.29) is 19.0 Å². The summed E-state index contributed by atoms with van der Waals surface area (Å²) in [5.74, 6) is 1.83. The van der Waals surface area contributed by atoms with Crippen LogP contribution in [0.1, 0.15) is 6.42 Å². The number of anilines is 1. The summed E-state index contributed by atoms with van der Waals surface area (Å²) in [6.07, 6.45) is 5.14. The molecule has 0 unspecified atom stereocenters. The van der Waals surface area contributed by atoms with Crippen LogP contribution in [-0.4, -0.2) is 36.3 Å². The predicted octanol–water partition coefficient (Wildman–Crippen LogP) is -0.655. The lowest BCUT2D eigenvalue weighted by Crippen LogP contribution is -2.29. The van der Waals surface area contributed by atoms with Crippen molar-refractivity contribution in [2.75, 3.05) is 18.5 Å². The summed E-state index contributed by atoms with van der Waals surface area (Å²) in [6.45, 7) is 0.361. The third-order valence-corrected chi connectivity index (χ3v) is 2.16. The van der Waals surface area contributed by atoms with E-state index in [4.69, 9.17) is 21.2 Å². The van der Waals surface area contributed by atoms with Gasteiger partial charge < -0.3 is 20.1 Å². The van der Waals surface area contributed by atoms with Crippen molar-refractivity contribution in [1.82, 2.24) is 0 Å². The lowest BCUT2D eigenvalue weighted by Gasteiger charge is -2.07. The van der Waals surface area contributed by atoms with Crippen molar-refractivity contribution in [1.29, 1.82) is 0 Å². The molecule has 0 spiro atoms. The molecule has 0 radical (unpaired) electrons. The van der Waals surface area contributed by atoms with Crippen LogP contribution in [0.5, 0.6) is 0 Å². The molecule has 0 aromatic heterocycles. The summed E-state index contributed by atoms with van der Waals surface area (Å²) in [7, 11) is -1.51. The molecule has 1 aromatic carbocycles. The topological polar surface area (TPSA) is 78.8 Å². The van der Waals surface area contributed by atoms with Gasteiger partial charge in [-0.05, 0) is 17.6 Å². The lowest BCUT2D eigenvalue weighted by atomic mass is 9.80. The fourth-order valence-electron chi connectivity index (χ4n) is 1.31. The number of carbonyl (C=O) groups excluding carboxylic acids is 1. The second-order valence-corrected chi connectivity index (χ2v) is 3.54. The van der Waals surface area contributed by atoms with Gasteiger partial charge in [-0.25, -0.2) is 0 Å². The minimum atomic E-state index is -1.51. The highest BCUT2D eigenvalue weighted by atomic mass is 16.5. The van der Waals surface area contributed by atoms with E-state index in [0.717, 1.165) is 0 Å². The molecule has 0 fully saturated rings. The van der Waals surface area contributed by atoms with Crippen LogP contribution in [0.25, 0.3) is 0 Å². The van der Waals surface area contributed by atoms with Gasteiger partial charge in [0.2, 0.25) is 0 Å². The maximum atomic E-state index is 11.1. The first kappa shape index (κ1) is 14.1. The van der Waals surface area contributed by atoms with Crippen LogP contribution in [0.2, 0.25) is 0 Å². The second-order valence-electron chi connectivity index (χ2n) is 3.54. The number of rotatable bonds is 6. The number of terminal acetylenes is 1. The average molecular weight is 247 g/mol. The Balaban J connectivity index is 2.37. The zero-order chi connectivity index (χ0) is 13.4. The Bertz CT molecular complexity index is 442. The smallest absolute Gasteiger partial charge is 0.452 e. The molecule has 0 aliphatic carbocycles. The first-order valence-electron chi connectivity index (χ1n) is 5.42. The van der Waals surface area contributed by atoms with Crippen molar-refractivity contribution in [3.63, 3.8) is 0 Å². The zero-order valence-electron chi connectivity index (χ0n) is 9.80. The fourth-order valence-corrected chi connectivity index (χ4v) is 1.31. The summed E-state index contributed by atoms with van der Waals surface area (Å²) >= 11 is 0. The molecule has 0 bridgehead atoms. The molecule has 3 N–H and O–H groups in total. The predicted molar refractivity (Wildman–Crippen MR) is 69.2 cm³/mol. The molecule has 6 heteroatoms. The Morgan fingerprint density at radius 2 is 2.28 bits per heavy atom. The van der Waals surface area contributed by atoms with Gasteiger partial charge in [0.05, 0.1) is 6.42 Å². The van der Waals surface area contributed by atoms with E-state index in [1.54, 1.807) is 24.3 Å². The quantitative estimate of drug-likeness (QED) is 0.353. The highest BCUT2D eigenvalue weighted by molar-refractivity contribution is 6.58. The Morgan fingerprint density at radius 3 is 2.94 bits per heavy atom. The molecule has 1 rings (SSSR count). The van der Waals surface area contributed by atoms with E-state index >= 15 is 0 Å². The highest BCUT2D eigenvalue weighted by Crippen LogP contribution is 2.04. The zero-order valence-corrected chi connectivity index (χ0v) is 9.80. The third-order valence-electron chi connectivity index (χ3n) is 2.16. The summed E-state index contributed by atoms with van der Waals surface area (Å²) in [5.41, 5.74) is 1.08. The summed E-state index contributed by atoms with van der Waals surface area (Å²) < 4.78 is 4.70. The van der Waals surface area contributed by atoms with Gasteiger partial charge in [0, 0.05) is 12.2 Å². The number of hydrogen-bond acceptors (Lipinski definition) is 5. The van der Waals surface area contributed by atoms with Crippen LogP contribution >= 0.6 is 0 Å². The molecule has 0 heterocycles. The molecule has 18 heavy (non-hydrogen) atoms. The first-order valence-corrected chi connectivity index (χ1v) is 5.42. The van der Waals surface area contributed by atoms with E-state index in [9.17, 15) is 4.79 Å². The molecule has 94 valence electrons. The summed E-state index contributed by atoms with van der Waals surface area (Å²) in [5, 5.41) is 21.0. The normalized spacial score (nSPS) is 9.39. The van der Waals surface area contributed by atoms with E-state index in [2.05, 4.69) is 11.2 Å². The maximum Gasteiger partial charge on any atom is 0.488 e. The molecular formula is C12H14BNO4. The van der Waals surface area contributed by atoms with Crippen LogP contribution in [0.15, 0.2) is 24.3 Å². The van der Waals surface area contributed by atoms with Gasteiger partial charge in [0.15, 0.2) is 6.61 Å². The van der Waals surface area contributed by atoms with Gasteiger partial charge in [0.25, 0.3) is 0 Å². The maximum absolute atomic E-state index is 11.1. The molecule has 1 aromatic rings. The molecule has 5 nitrogen and oxygen atoms in total. The highest BCUT2D eigenvalue weighted by Gasteiger charge is 2.10. The third kappa shape index (κ3) is 4.91. The Morgan fingerprint density at radius 1 is 1.50 bits per heavy atom. The molecule has 0 aliphatic rings. The van der Waals surface area contributed by atoms with Gasteiger partial charge in [-0.15, -0.1) is 6.42 Å². The molecular weight excluding hydrogens is 233 g/mol. The number of benzene rings is 1. The van der Waals surface area contributed by atoms with Gasteiger partial charge >= 0.3 is 13.1 Å². The van der Waals surface area contributed by atoms with Crippen molar-refractivity contribution in [2.24, 2.45) is 0 Å². The van der Waals surface area contributed by atoms with Crippen LogP contribution < -0.4 is 10.8 Å². The minimum absolute atomic E-state index is 0.0228. The van der Waals surface area contributed by atoms with Crippen LogP contribution in [-0.2, 0) is 9.53 Å². The van der Waals surface area contributed by atoms with Crippen LogP contribution in [0, 0.1) is 12.3 Å². The van der Waals surface area contributed by atoms with E-state index in [1.165, 1.54) is 0 Å². The molecule has 0 atom stereocenters. The van der Waals surface area contributed by atoms with Gasteiger partial charge in [0.1, 0.15) is 0 Å². The average Bonchev–Trinajstić information content (AvgIpc) is 2.36. The SMILES string of the molecule is C#CCOC(=O)CCNc1cccc(B(O)O)c1. The number of hydrogen-bond donors (Lipinski definition) is 3. The van der Waals surface area contributed by atoms with Crippen LogP contribution in [0.3, 0.4) is 0 Å². The number of carbonyl (C=O) groups is 1. The first-order chi connectivity index (χ1) is 8.63. The van der Waals surface area contributed by atoms with Gasteiger partial charge in [-0.2, -0.15) is 0 Å². The number of nitrogens with one attached hydrogen (secondary N) is 1. The lowest BCUT2D eigenvalue weighted by molar-refractivity contribution is -0.141. The molecule has 0 saturated carbocycles. The van der Waals surface area contributed by atoms with E-state index in [0.29, 0.717) is 17.7 Å². The van der Waals surface area contributed by atoms with Gasteiger partial charge in [-0.1, -0.05) is 18.1 Å². The van der Waals surface area contributed by atoms with Crippen molar-refractivity contribution >= 4 is 24.2 Å². The second kappa shape index (κ2) is 7.38. The summed E-state index contributed by atoms with van der Waals surface area (Å²) in [6, 6.07) is 6.64. The van der Waals surface area contributed by atoms with Crippen LogP contribution in [0.4, 0.5) is 5.69 Å². The van der Waals surface area contributed by atoms with E-state index in [1.807, 2.05) is 0 Å². The number of esters is 1. The largest absolute Gasteiger partial charge is 0.488 e. The minimum Gasteiger partial charge on any atom is -0.452 e. The van der Waals surface area contributed by atoms with Crippen molar-refractivity contribution < 1.29 is 19.6 Å². The van der Waals surface area contributed by atoms with E-state index < -0.39 is 7.12 Å². The monoisotopic (exact) mass is 247 g/mol. The van der Waals surface area contributed by atoms with Gasteiger partial charge in [-0.3, -0.25) is 4.79 Å². The van der Waals surface area contributed by atoms with Crippen molar-refractivity contribution in [2.45, 2.75) is 6.42 Å². The van der Waals surface area contributed by atoms with Crippen molar-refractivity contribution in [3.8, 4) is 12.3 Å². The molecule has 0 saturated heterocycles. The Hall–Kier alpha value is -1.97. The fraction of sp³-hybridized carbons (Fsp3) is 0.250.